The molecule has 0 fully saturated rings. The van der Waals surface area contributed by atoms with Gasteiger partial charge in [0.25, 0.3) is 5.91 Å². The highest BCUT2D eigenvalue weighted by atomic mass is 19.1. The average molecular weight is 277 g/mol. The molecule has 0 atom stereocenters. The molecule has 6 heteroatoms. The van der Waals surface area contributed by atoms with Crippen LogP contribution in [0.1, 0.15) is 15.9 Å². The van der Waals surface area contributed by atoms with Gasteiger partial charge >= 0.3 is 0 Å². The Kier molecular flexibility index (Phi) is 4.24. The maximum Gasteiger partial charge on any atom is 0.253 e. The van der Waals surface area contributed by atoms with Crippen LogP contribution >= 0.6 is 0 Å². The van der Waals surface area contributed by atoms with Crippen molar-refractivity contribution in [1.29, 1.82) is 0 Å². The minimum absolute atomic E-state index is 0.0871. The summed E-state index contributed by atoms with van der Waals surface area (Å²) in [6.45, 7) is -0.0871. The summed E-state index contributed by atoms with van der Waals surface area (Å²) >= 11 is 0. The molecule has 0 unspecified atom stereocenters. The molecular formula is C14H13F2N3O. The molecule has 0 saturated carbocycles. The Bertz CT molecular complexity index is 614. The first-order valence-electron chi connectivity index (χ1n) is 5.96. The summed E-state index contributed by atoms with van der Waals surface area (Å²) in [6, 6.07) is 6.35. The second kappa shape index (κ2) is 6.10. The van der Waals surface area contributed by atoms with E-state index in [-0.39, 0.29) is 12.1 Å². The van der Waals surface area contributed by atoms with E-state index < -0.39 is 17.5 Å². The SMILES string of the molecule is CNc1ccc(C(=O)NCc2cc(F)ccc2F)cn1. The summed E-state index contributed by atoms with van der Waals surface area (Å²) in [6.07, 6.45) is 1.41. The Morgan fingerprint density at radius 3 is 2.70 bits per heavy atom. The standard InChI is InChI=1S/C14H13F2N3O/c1-17-13-5-2-9(7-18-13)14(20)19-8-10-6-11(15)3-4-12(10)16/h2-7H,8H2,1H3,(H,17,18)(H,19,20). The predicted octanol–water partition coefficient (Wildman–Crippen LogP) is 2.33. The van der Waals surface area contributed by atoms with E-state index in [2.05, 4.69) is 15.6 Å². The molecule has 1 heterocycles. The van der Waals surface area contributed by atoms with Crippen LogP contribution in [-0.2, 0) is 6.54 Å². The van der Waals surface area contributed by atoms with Gasteiger partial charge in [0.05, 0.1) is 5.56 Å². The van der Waals surface area contributed by atoms with Gasteiger partial charge in [0.15, 0.2) is 0 Å². The minimum atomic E-state index is -0.560. The number of halogens is 2. The van der Waals surface area contributed by atoms with Crippen molar-refractivity contribution in [3.8, 4) is 0 Å². The Hall–Kier alpha value is -2.50. The summed E-state index contributed by atoms with van der Waals surface area (Å²) < 4.78 is 26.4. The first-order chi connectivity index (χ1) is 9.60. The Balaban J connectivity index is 2.02. The number of pyridine rings is 1. The second-order valence-corrected chi connectivity index (χ2v) is 4.10. The number of hydrogen-bond donors (Lipinski definition) is 2. The molecule has 20 heavy (non-hydrogen) atoms. The average Bonchev–Trinajstić information content (AvgIpc) is 2.48. The fraction of sp³-hybridized carbons (Fsp3) is 0.143. The number of carbonyl (C=O) groups excluding carboxylic acids is 1. The van der Waals surface area contributed by atoms with E-state index in [9.17, 15) is 13.6 Å². The van der Waals surface area contributed by atoms with Crippen molar-refractivity contribution in [3.63, 3.8) is 0 Å². The minimum Gasteiger partial charge on any atom is -0.373 e. The lowest BCUT2D eigenvalue weighted by Gasteiger charge is -2.07. The highest BCUT2D eigenvalue weighted by Crippen LogP contribution is 2.10. The third-order valence-electron chi connectivity index (χ3n) is 2.73. The predicted molar refractivity (Wildman–Crippen MR) is 71.3 cm³/mol. The van der Waals surface area contributed by atoms with Crippen molar-refractivity contribution >= 4 is 11.7 Å². The van der Waals surface area contributed by atoms with Crippen LogP contribution in [0.2, 0.25) is 0 Å². The molecule has 0 aliphatic rings. The topological polar surface area (TPSA) is 54.0 Å². The monoisotopic (exact) mass is 277 g/mol. The van der Waals surface area contributed by atoms with Gasteiger partial charge in [-0.25, -0.2) is 13.8 Å². The normalized spacial score (nSPS) is 10.2. The fourth-order valence-corrected chi connectivity index (χ4v) is 1.63. The number of rotatable bonds is 4. The van der Waals surface area contributed by atoms with E-state index in [1.54, 1.807) is 19.2 Å². The number of hydrogen-bond acceptors (Lipinski definition) is 3. The number of amides is 1. The molecule has 4 nitrogen and oxygen atoms in total. The summed E-state index contributed by atoms with van der Waals surface area (Å²) in [7, 11) is 1.72. The lowest BCUT2D eigenvalue weighted by atomic mass is 10.2. The van der Waals surface area contributed by atoms with Gasteiger partial charge < -0.3 is 10.6 Å². The molecule has 2 rings (SSSR count). The largest absolute Gasteiger partial charge is 0.373 e. The van der Waals surface area contributed by atoms with Gasteiger partial charge in [0, 0.05) is 25.4 Å². The van der Waals surface area contributed by atoms with Crippen molar-refractivity contribution < 1.29 is 13.6 Å². The molecule has 1 aromatic carbocycles. The van der Waals surface area contributed by atoms with Crippen LogP contribution in [0.25, 0.3) is 0 Å². The summed E-state index contributed by atoms with van der Waals surface area (Å²) in [4.78, 5) is 15.8. The number of nitrogens with zero attached hydrogens (tertiary/aromatic N) is 1. The number of aromatic nitrogens is 1. The Morgan fingerprint density at radius 2 is 2.05 bits per heavy atom. The molecule has 2 N–H and O–H groups in total. The molecule has 0 saturated heterocycles. The smallest absolute Gasteiger partial charge is 0.253 e. The summed E-state index contributed by atoms with van der Waals surface area (Å²) in [5.74, 6) is -0.868. The van der Waals surface area contributed by atoms with Crippen molar-refractivity contribution in [2.75, 3.05) is 12.4 Å². The van der Waals surface area contributed by atoms with Gasteiger partial charge in [-0.2, -0.15) is 0 Å². The van der Waals surface area contributed by atoms with Gasteiger partial charge in [-0.1, -0.05) is 0 Å². The first-order valence-corrected chi connectivity index (χ1v) is 5.96. The summed E-state index contributed by atoms with van der Waals surface area (Å²) in [5, 5.41) is 5.35. The number of benzene rings is 1. The van der Waals surface area contributed by atoms with Crippen LogP contribution in [0.3, 0.4) is 0 Å². The molecule has 2 aromatic rings. The van der Waals surface area contributed by atoms with Crippen LogP contribution in [0.5, 0.6) is 0 Å². The van der Waals surface area contributed by atoms with Crippen LogP contribution in [-0.4, -0.2) is 17.9 Å². The van der Waals surface area contributed by atoms with Gasteiger partial charge in [-0.3, -0.25) is 4.79 Å². The molecule has 0 aliphatic carbocycles. The van der Waals surface area contributed by atoms with E-state index in [1.807, 2.05) is 0 Å². The lowest BCUT2D eigenvalue weighted by Crippen LogP contribution is -2.23. The molecule has 0 radical (unpaired) electrons. The lowest BCUT2D eigenvalue weighted by molar-refractivity contribution is 0.0950. The fourth-order valence-electron chi connectivity index (χ4n) is 1.63. The molecule has 1 amide bonds. The Morgan fingerprint density at radius 1 is 1.25 bits per heavy atom. The zero-order valence-electron chi connectivity index (χ0n) is 10.8. The van der Waals surface area contributed by atoms with Crippen molar-refractivity contribution in [1.82, 2.24) is 10.3 Å². The summed E-state index contributed by atoms with van der Waals surface area (Å²) in [5.41, 5.74) is 0.443. The molecule has 104 valence electrons. The number of nitrogens with one attached hydrogen (secondary N) is 2. The third-order valence-corrected chi connectivity index (χ3v) is 2.73. The molecular weight excluding hydrogens is 264 g/mol. The van der Waals surface area contributed by atoms with Gasteiger partial charge in [-0.05, 0) is 30.3 Å². The van der Waals surface area contributed by atoms with E-state index >= 15 is 0 Å². The quantitative estimate of drug-likeness (QED) is 0.902. The van der Waals surface area contributed by atoms with Gasteiger partial charge in [0.2, 0.25) is 0 Å². The maximum absolute atomic E-state index is 13.4. The van der Waals surface area contributed by atoms with Crippen LogP contribution < -0.4 is 10.6 Å². The van der Waals surface area contributed by atoms with E-state index in [4.69, 9.17) is 0 Å². The molecule has 0 aliphatic heterocycles. The number of anilines is 1. The van der Waals surface area contributed by atoms with Crippen molar-refractivity contribution in [2.24, 2.45) is 0 Å². The van der Waals surface area contributed by atoms with Gasteiger partial charge in [-0.15, -0.1) is 0 Å². The molecule has 0 bridgehead atoms. The van der Waals surface area contributed by atoms with Crippen LogP contribution in [0.15, 0.2) is 36.5 Å². The van der Waals surface area contributed by atoms with Gasteiger partial charge in [0.1, 0.15) is 17.5 Å². The third kappa shape index (κ3) is 3.28. The molecule has 0 spiro atoms. The zero-order valence-corrected chi connectivity index (χ0v) is 10.8. The van der Waals surface area contributed by atoms with E-state index in [1.165, 1.54) is 6.20 Å². The number of carbonyl (C=O) groups is 1. The van der Waals surface area contributed by atoms with E-state index in [0.29, 0.717) is 11.4 Å². The second-order valence-electron chi connectivity index (χ2n) is 4.10. The first kappa shape index (κ1) is 13.9. The maximum atomic E-state index is 13.4. The highest BCUT2D eigenvalue weighted by Gasteiger charge is 2.08. The van der Waals surface area contributed by atoms with Crippen LogP contribution in [0, 0.1) is 11.6 Å². The van der Waals surface area contributed by atoms with Crippen LogP contribution in [0.4, 0.5) is 14.6 Å². The van der Waals surface area contributed by atoms with Crippen molar-refractivity contribution in [2.45, 2.75) is 6.54 Å². The van der Waals surface area contributed by atoms with Crippen molar-refractivity contribution in [3.05, 3.63) is 59.3 Å². The molecule has 1 aromatic heterocycles. The Labute approximate surface area is 114 Å². The highest BCUT2D eigenvalue weighted by molar-refractivity contribution is 5.93. The zero-order chi connectivity index (χ0) is 14.5. The van der Waals surface area contributed by atoms with E-state index in [0.717, 1.165) is 18.2 Å².